The summed E-state index contributed by atoms with van der Waals surface area (Å²) in [4.78, 5) is 15.3. The fourth-order valence-electron chi connectivity index (χ4n) is 4.81. The summed E-state index contributed by atoms with van der Waals surface area (Å²) in [6, 6.07) is 25.3. The van der Waals surface area contributed by atoms with E-state index in [1.54, 1.807) is 6.07 Å². The Morgan fingerprint density at radius 1 is 1.10 bits per heavy atom. The van der Waals surface area contributed by atoms with Crippen LogP contribution in [-0.2, 0) is 17.8 Å². The van der Waals surface area contributed by atoms with Crippen molar-refractivity contribution < 1.29 is 14.6 Å². The maximum Gasteiger partial charge on any atom is 0.254 e. The number of nitrogens with zero attached hydrogens (tertiary/aromatic N) is 2. The molecule has 3 aromatic carbocycles. The van der Waals surface area contributed by atoms with E-state index in [0.29, 0.717) is 17.5 Å². The van der Waals surface area contributed by atoms with Crippen LogP contribution in [0.4, 0.5) is 0 Å². The number of hydrogen-bond donors (Lipinski definition) is 2. The molecule has 1 aliphatic rings. The van der Waals surface area contributed by atoms with Crippen molar-refractivity contribution in [1.82, 2.24) is 4.90 Å². The summed E-state index contributed by atoms with van der Waals surface area (Å²) < 4.78 is 6.00. The summed E-state index contributed by atoms with van der Waals surface area (Å²) in [5, 5.41) is 19.6. The minimum Gasteiger partial charge on any atom is -0.394 e. The van der Waals surface area contributed by atoms with Crippen molar-refractivity contribution in [2.24, 2.45) is 5.73 Å². The minimum absolute atomic E-state index is 0.00912. The molecule has 1 heterocycles. The third-order valence-corrected chi connectivity index (χ3v) is 6.78. The normalized spacial score (nSPS) is 16.1. The lowest BCUT2D eigenvalue weighted by molar-refractivity contribution is 0.0457. The van der Waals surface area contributed by atoms with E-state index in [4.69, 9.17) is 10.5 Å². The Balaban J connectivity index is 0.00000134. The average molecular weight is 528 g/mol. The third-order valence-electron chi connectivity index (χ3n) is 6.78. The molecular weight excluding hydrogens is 486 g/mol. The quantitative estimate of drug-likeness (QED) is 0.371. The summed E-state index contributed by atoms with van der Waals surface area (Å²) in [5.41, 5.74) is 10.1. The van der Waals surface area contributed by atoms with E-state index >= 15 is 0 Å². The Hall–Kier alpha value is -3.50. The second-order valence-corrected chi connectivity index (χ2v) is 10.4. The average Bonchev–Trinajstić information content (AvgIpc) is 3.39. The summed E-state index contributed by atoms with van der Waals surface area (Å²) in [7, 11) is 0. The Morgan fingerprint density at radius 2 is 1.79 bits per heavy atom. The van der Waals surface area contributed by atoms with Gasteiger partial charge in [0.2, 0.25) is 0 Å². The summed E-state index contributed by atoms with van der Waals surface area (Å²) in [6.07, 6.45) is 3.73. The SMILES string of the molecule is CC1CCCN1C(=O)c1cc(COCC(N)(CO)Cc2ccccc2)cc(-c2ccccc2C#N)c1.CCC. The van der Waals surface area contributed by atoms with E-state index in [0.717, 1.165) is 41.6 Å². The molecule has 2 atom stereocenters. The van der Waals surface area contributed by atoms with Gasteiger partial charge in [-0.05, 0) is 72.7 Å². The molecule has 0 radical (unpaired) electrons. The van der Waals surface area contributed by atoms with E-state index in [1.807, 2.05) is 71.6 Å². The molecule has 0 saturated carbocycles. The van der Waals surface area contributed by atoms with E-state index in [2.05, 4.69) is 26.8 Å². The van der Waals surface area contributed by atoms with E-state index < -0.39 is 5.54 Å². The maximum atomic E-state index is 13.4. The third kappa shape index (κ3) is 8.24. The fourth-order valence-corrected chi connectivity index (χ4v) is 4.81. The van der Waals surface area contributed by atoms with Crippen LogP contribution in [0.15, 0.2) is 72.8 Å². The maximum absolute atomic E-state index is 13.4. The molecule has 0 spiro atoms. The van der Waals surface area contributed by atoms with Gasteiger partial charge in [-0.15, -0.1) is 0 Å². The van der Waals surface area contributed by atoms with Gasteiger partial charge in [0.15, 0.2) is 0 Å². The second-order valence-electron chi connectivity index (χ2n) is 10.4. The zero-order valence-corrected chi connectivity index (χ0v) is 23.4. The van der Waals surface area contributed by atoms with Gasteiger partial charge in [-0.1, -0.05) is 68.8 Å². The van der Waals surface area contributed by atoms with Gasteiger partial charge in [-0.25, -0.2) is 0 Å². The van der Waals surface area contributed by atoms with Crippen LogP contribution < -0.4 is 5.73 Å². The monoisotopic (exact) mass is 527 g/mol. The smallest absolute Gasteiger partial charge is 0.254 e. The van der Waals surface area contributed by atoms with Crippen molar-refractivity contribution in [3.8, 4) is 17.2 Å². The van der Waals surface area contributed by atoms with Crippen molar-refractivity contribution in [2.75, 3.05) is 19.8 Å². The number of nitriles is 1. The molecule has 6 nitrogen and oxygen atoms in total. The van der Waals surface area contributed by atoms with E-state index in [1.165, 1.54) is 6.42 Å². The van der Waals surface area contributed by atoms with Crippen LogP contribution in [0.1, 0.15) is 67.1 Å². The number of carbonyl (C=O) groups excluding carboxylic acids is 1. The number of aliphatic hydroxyl groups is 1. The molecule has 6 heteroatoms. The number of nitrogens with two attached hydrogens (primary N) is 1. The zero-order valence-electron chi connectivity index (χ0n) is 23.4. The lowest BCUT2D eigenvalue weighted by atomic mass is 9.93. The lowest BCUT2D eigenvalue weighted by Gasteiger charge is -2.27. The first-order chi connectivity index (χ1) is 18.8. The standard InChI is InChI=1S/C30H33N3O3.C3H8/c1-22-8-7-13-33(22)29(35)27-15-24(14-26(16-27)28-12-6-5-11-25(28)18-31)19-36-21-30(32,20-34)17-23-9-3-2-4-10-23;1-3-2/h2-6,9-12,14-16,22,34H,7-8,13,17,19-21,32H2,1H3;3H2,1-2H3. The Kier molecular flexibility index (Phi) is 11.2. The highest BCUT2D eigenvalue weighted by atomic mass is 16.5. The molecule has 1 fully saturated rings. The lowest BCUT2D eigenvalue weighted by Crippen LogP contribution is -2.50. The number of likely N-dealkylation sites (tertiary alicyclic amines) is 1. The summed E-state index contributed by atoms with van der Waals surface area (Å²) in [5.74, 6) is -0.00912. The number of carbonyl (C=O) groups is 1. The van der Waals surface area contributed by atoms with Gasteiger partial charge < -0.3 is 20.5 Å². The van der Waals surface area contributed by atoms with Gasteiger partial charge in [0.25, 0.3) is 5.91 Å². The van der Waals surface area contributed by atoms with Gasteiger partial charge in [0, 0.05) is 18.2 Å². The first-order valence-corrected chi connectivity index (χ1v) is 13.8. The van der Waals surface area contributed by atoms with E-state index in [9.17, 15) is 15.2 Å². The summed E-state index contributed by atoms with van der Waals surface area (Å²) in [6.45, 7) is 7.24. The Morgan fingerprint density at radius 3 is 2.44 bits per heavy atom. The molecule has 39 heavy (non-hydrogen) atoms. The molecule has 0 bridgehead atoms. The van der Waals surface area contributed by atoms with Gasteiger partial charge in [-0.3, -0.25) is 4.79 Å². The largest absolute Gasteiger partial charge is 0.394 e. The molecule has 4 rings (SSSR count). The first-order valence-electron chi connectivity index (χ1n) is 13.8. The topological polar surface area (TPSA) is 99.6 Å². The predicted molar refractivity (Wildman–Crippen MR) is 156 cm³/mol. The molecule has 1 amide bonds. The zero-order chi connectivity index (χ0) is 28.3. The van der Waals surface area contributed by atoms with Crippen LogP contribution in [-0.4, -0.2) is 47.3 Å². The number of benzene rings is 3. The van der Waals surface area contributed by atoms with Crippen LogP contribution >= 0.6 is 0 Å². The number of amides is 1. The highest BCUT2D eigenvalue weighted by Crippen LogP contribution is 2.28. The van der Waals surface area contributed by atoms with Gasteiger partial charge in [-0.2, -0.15) is 5.26 Å². The van der Waals surface area contributed by atoms with Crippen molar-refractivity contribution in [1.29, 1.82) is 5.26 Å². The van der Waals surface area contributed by atoms with Crippen LogP contribution in [0.25, 0.3) is 11.1 Å². The molecule has 1 aliphatic heterocycles. The highest BCUT2D eigenvalue weighted by molar-refractivity contribution is 5.96. The number of ether oxygens (including phenoxy) is 1. The van der Waals surface area contributed by atoms with Gasteiger partial charge >= 0.3 is 0 Å². The van der Waals surface area contributed by atoms with Crippen molar-refractivity contribution >= 4 is 5.91 Å². The van der Waals surface area contributed by atoms with E-state index in [-0.39, 0.29) is 31.8 Å². The van der Waals surface area contributed by atoms with Crippen molar-refractivity contribution in [3.05, 3.63) is 95.1 Å². The molecular formula is C33H41N3O3. The van der Waals surface area contributed by atoms with Gasteiger partial charge in [0.05, 0.1) is 37.0 Å². The molecule has 0 aliphatic carbocycles. The molecule has 1 saturated heterocycles. The van der Waals surface area contributed by atoms with Crippen molar-refractivity contribution in [2.45, 2.75) is 64.6 Å². The molecule has 3 aromatic rings. The van der Waals surface area contributed by atoms with Gasteiger partial charge in [0.1, 0.15) is 0 Å². The number of rotatable bonds is 9. The second kappa shape index (κ2) is 14.6. The molecule has 2 unspecified atom stereocenters. The van der Waals surface area contributed by atoms with Crippen LogP contribution in [0.2, 0.25) is 0 Å². The number of aliphatic hydroxyl groups excluding tert-OH is 1. The Labute approximate surface area is 233 Å². The molecule has 3 N–H and O–H groups in total. The fraction of sp³-hybridized carbons (Fsp3) is 0.394. The highest BCUT2D eigenvalue weighted by Gasteiger charge is 2.27. The number of hydrogen-bond acceptors (Lipinski definition) is 5. The summed E-state index contributed by atoms with van der Waals surface area (Å²) >= 11 is 0. The Bertz CT molecular complexity index is 1250. The van der Waals surface area contributed by atoms with Crippen LogP contribution in [0, 0.1) is 11.3 Å². The molecule has 0 aromatic heterocycles. The predicted octanol–water partition coefficient (Wildman–Crippen LogP) is 5.72. The first kappa shape index (κ1) is 30.0. The minimum atomic E-state index is -0.921. The van der Waals surface area contributed by atoms with Crippen molar-refractivity contribution in [3.63, 3.8) is 0 Å². The van der Waals surface area contributed by atoms with Crippen LogP contribution in [0.5, 0.6) is 0 Å². The van der Waals surface area contributed by atoms with Crippen LogP contribution in [0.3, 0.4) is 0 Å². The molecule has 206 valence electrons.